The number of hydrogen-bond donors (Lipinski definition) is 2. The van der Waals surface area contributed by atoms with E-state index >= 15 is 0 Å². The SMILES string of the molecule is COc1cc(C(=O)N[C@@H]2CCCN(C)C2)ccc1Nc1ncc2c(n1)N(C1CCCC1)CC1(CC1)C(=O)N2C. The molecule has 1 saturated heterocycles. The van der Waals surface area contributed by atoms with Crippen LogP contribution in [0.25, 0.3) is 0 Å². The zero-order chi connectivity index (χ0) is 27.1. The van der Waals surface area contributed by atoms with Crippen molar-refractivity contribution in [2.45, 2.75) is 63.5 Å². The molecule has 0 bridgehead atoms. The highest BCUT2D eigenvalue weighted by Gasteiger charge is 2.55. The van der Waals surface area contributed by atoms with Gasteiger partial charge in [0.15, 0.2) is 5.82 Å². The predicted molar refractivity (Wildman–Crippen MR) is 151 cm³/mol. The molecule has 0 unspecified atom stereocenters. The van der Waals surface area contributed by atoms with Gasteiger partial charge in [-0.05, 0) is 70.3 Å². The van der Waals surface area contributed by atoms with Crippen molar-refractivity contribution >= 4 is 35.0 Å². The van der Waals surface area contributed by atoms with Crippen LogP contribution in [0.5, 0.6) is 5.75 Å². The Kier molecular flexibility index (Phi) is 6.82. The maximum Gasteiger partial charge on any atom is 0.251 e. The molecule has 2 aliphatic carbocycles. The third kappa shape index (κ3) is 5.02. The highest BCUT2D eigenvalue weighted by atomic mass is 16.5. The maximum atomic E-state index is 13.3. The molecule has 208 valence electrons. The Bertz CT molecular complexity index is 1260. The third-order valence-corrected chi connectivity index (χ3v) is 8.90. The summed E-state index contributed by atoms with van der Waals surface area (Å²) in [5.74, 6) is 1.86. The van der Waals surface area contributed by atoms with Gasteiger partial charge in [-0.25, -0.2) is 4.98 Å². The molecule has 2 aromatic rings. The van der Waals surface area contributed by atoms with Crippen molar-refractivity contribution in [3.63, 3.8) is 0 Å². The molecular formula is C29H39N7O3. The van der Waals surface area contributed by atoms with E-state index in [4.69, 9.17) is 9.72 Å². The first kappa shape index (κ1) is 25.9. The van der Waals surface area contributed by atoms with Crippen LogP contribution in [0, 0.1) is 5.41 Å². The molecule has 39 heavy (non-hydrogen) atoms. The van der Waals surface area contributed by atoms with E-state index in [0.29, 0.717) is 35.5 Å². The molecule has 3 heterocycles. The molecular weight excluding hydrogens is 494 g/mol. The van der Waals surface area contributed by atoms with Gasteiger partial charge >= 0.3 is 0 Å². The molecule has 1 atom stereocenters. The number of likely N-dealkylation sites (N-methyl/N-ethyl adjacent to an activating group) is 1. The maximum absolute atomic E-state index is 13.3. The normalized spacial score (nSPS) is 22.9. The molecule has 2 saturated carbocycles. The number of aromatic nitrogens is 2. The lowest BCUT2D eigenvalue weighted by Gasteiger charge is -2.31. The van der Waals surface area contributed by atoms with Gasteiger partial charge in [-0.2, -0.15) is 4.98 Å². The largest absolute Gasteiger partial charge is 0.495 e. The summed E-state index contributed by atoms with van der Waals surface area (Å²) >= 11 is 0. The summed E-state index contributed by atoms with van der Waals surface area (Å²) in [5.41, 5.74) is 1.69. The van der Waals surface area contributed by atoms with E-state index in [-0.39, 0.29) is 23.3 Å². The number of amides is 2. The molecule has 3 fully saturated rings. The first-order chi connectivity index (χ1) is 18.9. The Morgan fingerprint density at radius 2 is 1.92 bits per heavy atom. The Hall–Kier alpha value is -3.40. The third-order valence-electron chi connectivity index (χ3n) is 8.90. The molecule has 1 aromatic carbocycles. The monoisotopic (exact) mass is 533 g/mol. The summed E-state index contributed by atoms with van der Waals surface area (Å²) in [6.07, 6.45) is 10.3. The Balaban J connectivity index is 1.25. The van der Waals surface area contributed by atoms with Crippen molar-refractivity contribution in [3.05, 3.63) is 30.0 Å². The second kappa shape index (κ2) is 10.3. The van der Waals surface area contributed by atoms with Crippen molar-refractivity contribution in [2.24, 2.45) is 5.41 Å². The van der Waals surface area contributed by atoms with Gasteiger partial charge in [0.25, 0.3) is 5.91 Å². The fourth-order valence-corrected chi connectivity index (χ4v) is 6.46. The zero-order valence-corrected chi connectivity index (χ0v) is 23.2. The van der Waals surface area contributed by atoms with E-state index in [1.165, 1.54) is 12.8 Å². The van der Waals surface area contributed by atoms with Gasteiger partial charge in [0.2, 0.25) is 11.9 Å². The van der Waals surface area contributed by atoms with Crippen LogP contribution >= 0.6 is 0 Å². The second-order valence-corrected chi connectivity index (χ2v) is 11.7. The molecule has 6 rings (SSSR count). The van der Waals surface area contributed by atoms with Crippen LogP contribution in [0.4, 0.5) is 23.1 Å². The number of nitrogens with zero attached hydrogens (tertiary/aromatic N) is 5. The molecule has 2 N–H and O–H groups in total. The van der Waals surface area contributed by atoms with E-state index in [0.717, 1.165) is 63.1 Å². The molecule has 2 amide bonds. The lowest BCUT2D eigenvalue weighted by atomic mass is 10.0. The Morgan fingerprint density at radius 3 is 2.64 bits per heavy atom. The summed E-state index contributed by atoms with van der Waals surface area (Å²) in [5, 5.41) is 6.46. The minimum atomic E-state index is -0.293. The van der Waals surface area contributed by atoms with Gasteiger partial charge in [-0.3, -0.25) is 9.59 Å². The zero-order valence-electron chi connectivity index (χ0n) is 23.2. The van der Waals surface area contributed by atoms with Crippen molar-refractivity contribution in [1.29, 1.82) is 0 Å². The number of methoxy groups -OCH3 is 1. The lowest BCUT2D eigenvalue weighted by Crippen LogP contribution is -2.46. The summed E-state index contributed by atoms with van der Waals surface area (Å²) in [6, 6.07) is 5.92. The van der Waals surface area contributed by atoms with Crippen LogP contribution in [0.3, 0.4) is 0 Å². The van der Waals surface area contributed by atoms with Crippen molar-refractivity contribution in [3.8, 4) is 5.75 Å². The number of rotatable bonds is 6. The fourth-order valence-electron chi connectivity index (χ4n) is 6.46. The molecule has 4 aliphatic rings. The Labute approximate surface area is 230 Å². The fraction of sp³-hybridized carbons (Fsp3) is 0.586. The number of benzene rings is 1. The summed E-state index contributed by atoms with van der Waals surface area (Å²) in [4.78, 5) is 42.2. The van der Waals surface area contributed by atoms with E-state index in [1.807, 2.05) is 13.1 Å². The molecule has 10 nitrogen and oxygen atoms in total. The molecule has 1 spiro atoms. The number of likely N-dealkylation sites (tertiary alicyclic amines) is 1. The van der Waals surface area contributed by atoms with Gasteiger partial charge in [-0.15, -0.1) is 0 Å². The number of carbonyl (C=O) groups is 2. The van der Waals surface area contributed by atoms with Crippen molar-refractivity contribution in [1.82, 2.24) is 20.2 Å². The van der Waals surface area contributed by atoms with Gasteiger partial charge in [0.1, 0.15) is 11.4 Å². The minimum Gasteiger partial charge on any atom is -0.495 e. The number of anilines is 4. The minimum absolute atomic E-state index is 0.102. The van der Waals surface area contributed by atoms with Crippen LogP contribution < -0.4 is 25.2 Å². The number of carbonyl (C=O) groups excluding carboxylic acids is 2. The number of ether oxygens (including phenoxy) is 1. The average Bonchev–Trinajstić information content (AvgIpc) is 3.54. The van der Waals surface area contributed by atoms with Crippen LogP contribution in [0.15, 0.2) is 24.4 Å². The smallest absolute Gasteiger partial charge is 0.251 e. The van der Waals surface area contributed by atoms with Crippen LogP contribution in [0.2, 0.25) is 0 Å². The van der Waals surface area contributed by atoms with Crippen LogP contribution in [-0.2, 0) is 4.79 Å². The van der Waals surface area contributed by atoms with E-state index in [1.54, 1.807) is 30.3 Å². The van der Waals surface area contributed by atoms with E-state index in [9.17, 15) is 9.59 Å². The molecule has 2 aliphatic heterocycles. The van der Waals surface area contributed by atoms with Gasteiger partial charge in [-0.1, -0.05) is 12.8 Å². The Morgan fingerprint density at radius 1 is 1.13 bits per heavy atom. The van der Waals surface area contributed by atoms with Crippen LogP contribution in [-0.4, -0.2) is 79.6 Å². The first-order valence-corrected chi connectivity index (χ1v) is 14.2. The van der Waals surface area contributed by atoms with E-state index in [2.05, 4.69) is 32.5 Å². The molecule has 0 radical (unpaired) electrons. The standard InChI is InChI=1S/C29H39N7O3/c1-34-14-6-7-20(17-34)31-26(37)19-10-11-22(24(15-19)39-3)32-28-30-16-23-25(33-28)36(21-8-4-5-9-21)18-29(12-13-29)27(38)35(23)2/h10-11,15-16,20-21H,4-9,12-14,17-18H2,1-3H3,(H,31,37)(H,30,32,33)/t20-/m1/s1. The highest BCUT2D eigenvalue weighted by Crippen LogP contribution is 2.52. The highest BCUT2D eigenvalue weighted by molar-refractivity contribution is 6.03. The number of hydrogen-bond acceptors (Lipinski definition) is 8. The number of fused-ring (bicyclic) bond motifs is 1. The topological polar surface area (TPSA) is 103 Å². The predicted octanol–water partition coefficient (Wildman–Crippen LogP) is 3.56. The summed E-state index contributed by atoms with van der Waals surface area (Å²) in [6.45, 7) is 2.64. The lowest BCUT2D eigenvalue weighted by molar-refractivity contribution is -0.122. The summed E-state index contributed by atoms with van der Waals surface area (Å²) < 4.78 is 5.65. The molecule has 10 heteroatoms. The van der Waals surface area contributed by atoms with Gasteiger partial charge < -0.3 is 30.1 Å². The number of nitrogens with one attached hydrogen (secondary N) is 2. The van der Waals surface area contributed by atoms with Gasteiger partial charge in [0, 0.05) is 37.8 Å². The van der Waals surface area contributed by atoms with E-state index < -0.39 is 0 Å². The van der Waals surface area contributed by atoms with Gasteiger partial charge in [0.05, 0.1) is 24.4 Å². The summed E-state index contributed by atoms with van der Waals surface area (Å²) in [7, 11) is 5.51. The van der Waals surface area contributed by atoms with Crippen molar-refractivity contribution < 1.29 is 14.3 Å². The first-order valence-electron chi connectivity index (χ1n) is 14.2. The van der Waals surface area contributed by atoms with Crippen molar-refractivity contribution in [2.75, 3.05) is 56.0 Å². The quantitative estimate of drug-likeness (QED) is 0.581. The second-order valence-electron chi connectivity index (χ2n) is 11.7. The number of piperidine rings is 1. The molecule has 1 aromatic heterocycles. The van der Waals surface area contributed by atoms with Crippen LogP contribution in [0.1, 0.15) is 61.7 Å². The average molecular weight is 534 g/mol.